The molecule has 0 spiro atoms. The molecule has 0 N–H and O–H groups in total. The zero-order chi connectivity index (χ0) is 3.54. The number of hydrogen-bond donors (Lipinski definition) is 0. The standard InChI is InChI=1S/C2H3O3/c1-3-2-5-4-1/h1H,2H2. The summed E-state index contributed by atoms with van der Waals surface area (Å²) < 4.78 is 4.38. The number of rotatable bonds is 0. The molecule has 0 amide bonds. The second kappa shape index (κ2) is 1.35. The lowest BCUT2D eigenvalue weighted by Gasteiger charge is -1.72. The Bertz CT molecular complexity index is 16.5. The van der Waals surface area contributed by atoms with E-state index < -0.39 is 0 Å². The average Bonchev–Trinajstić information content (AvgIpc) is 1.76. The SMILES string of the molecule is [CH]1OCOO1. The van der Waals surface area contributed by atoms with E-state index in [1.165, 1.54) is 0 Å². The molecule has 0 aromatic heterocycles. The van der Waals surface area contributed by atoms with E-state index in [9.17, 15) is 0 Å². The molecule has 1 aliphatic rings. The average molecular weight is 75.0 g/mol. The number of ether oxygens (including phenoxy) is 1. The Morgan fingerprint density at radius 1 is 1.60 bits per heavy atom. The Morgan fingerprint density at radius 2 is 2.60 bits per heavy atom. The fourth-order valence-corrected chi connectivity index (χ4v) is 0.139. The molecule has 1 heterocycles. The van der Waals surface area contributed by atoms with Crippen molar-refractivity contribution in [3.8, 4) is 0 Å². The summed E-state index contributed by atoms with van der Waals surface area (Å²) in [4.78, 5) is 8.26. The minimum atomic E-state index is 0.222. The van der Waals surface area contributed by atoms with Gasteiger partial charge in [-0.25, -0.2) is 4.89 Å². The normalized spacial score (nSPS) is 24.0. The molecular weight excluding hydrogens is 72.0 g/mol. The Hall–Kier alpha value is -0.120. The summed E-state index contributed by atoms with van der Waals surface area (Å²) in [5.41, 5.74) is 0. The Kier molecular flexibility index (Phi) is 0.834. The molecule has 3 nitrogen and oxygen atoms in total. The first-order valence-electron chi connectivity index (χ1n) is 1.22. The smallest absolute Gasteiger partial charge is 0.248 e. The second-order valence-electron chi connectivity index (χ2n) is 0.595. The van der Waals surface area contributed by atoms with Crippen LogP contribution in [0.1, 0.15) is 0 Å². The van der Waals surface area contributed by atoms with Crippen LogP contribution in [0.15, 0.2) is 0 Å². The summed E-state index contributed by atoms with van der Waals surface area (Å²) in [6.07, 6.45) is 0. The first-order chi connectivity index (χ1) is 2.50. The second-order valence-corrected chi connectivity index (χ2v) is 0.595. The quantitative estimate of drug-likeness (QED) is 0.380. The third-order valence-corrected chi connectivity index (χ3v) is 0.292. The van der Waals surface area contributed by atoms with Crippen LogP contribution >= 0.6 is 0 Å². The van der Waals surface area contributed by atoms with Crippen LogP contribution < -0.4 is 0 Å². The molecule has 0 saturated carbocycles. The number of hydrogen-bond acceptors (Lipinski definition) is 3. The fraction of sp³-hybridized carbons (Fsp3) is 0.500. The van der Waals surface area contributed by atoms with Gasteiger partial charge in [-0.1, -0.05) is 0 Å². The van der Waals surface area contributed by atoms with Crippen molar-refractivity contribution < 1.29 is 14.5 Å². The van der Waals surface area contributed by atoms with E-state index in [0.717, 1.165) is 6.79 Å². The molecule has 0 unspecified atom stereocenters. The van der Waals surface area contributed by atoms with Crippen LogP contribution in [0.25, 0.3) is 0 Å². The van der Waals surface area contributed by atoms with Crippen LogP contribution in [0.5, 0.6) is 0 Å². The lowest BCUT2D eigenvalue weighted by molar-refractivity contribution is -0.229. The summed E-state index contributed by atoms with van der Waals surface area (Å²) in [7, 11) is 0. The zero-order valence-electron chi connectivity index (χ0n) is 2.51. The zero-order valence-corrected chi connectivity index (χ0v) is 2.51. The molecule has 1 fully saturated rings. The largest absolute Gasteiger partial charge is 0.316 e. The van der Waals surface area contributed by atoms with Gasteiger partial charge in [-0.2, -0.15) is 4.89 Å². The third-order valence-electron chi connectivity index (χ3n) is 0.292. The molecule has 1 rings (SSSR count). The van der Waals surface area contributed by atoms with Gasteiger partial charge in [0.2, 0.25) is 6.79 Å². The fourth-order valence-electron chi connectivity index (χ4n) is 0.139. The van der Waals surface area contributed by atoms with Gasteiger partial charge < -0.3 is 4.74 Å². The monoisotopic (exact) mass is 75.0 g/mol. The first kappa shape index (κ1) is 3.08. The Morgan fingerprint density at radius 3 is 2.80 bits per heavy atom. The molecule has 1 aliphatic heterocycles. The predicted molar refractivity (Wildman–Crippen MR) is 12.4 cm³/mol. The maximum Gasteiger partial charge on any atom is 0.248 e. The van der Waals surface area contributed by atoms with Gasteiger partial charge in [-0.15, -0.1) is 0 Å². The molecule has 0 aliphatic carbocycles. The molecule has 29 valence electrons. The molecule has 3 heteroatoms. The van der Waals surface area contributed by atoms with E-state index in [-0.39, 0.29) is 6.79 Å². The first-order valence-corrected chi connectivity index (χ1v) is 1.22. The van der Waals surface area contributed by atoms with E-state index >= 15 is 0 Å². The van der Waals surface area contributed by atoms with Crippen molar-refractivity contribution in [2.24, 2.45) is 0 Å². The molecule has 1 saturated heterocycles. The highest BCUT2D eigenvalue weighted by Crippen LogP contribution is 1.94. The van der Waals surface area contributed by atoms with Gasteiger partial charge >= 0.3 is 0 Å². The van der Waals surface area contributed by atoms with Crippen molar-refractivity contribution in [1.29, 1.82) is 0 Å². The van der Waals surface area contributed by atoms with Gasteiger partial charge in [0, 0.05) is 0 Å². The highest BCUT2D eigenvalue weighted by molar-refractivity contribution is 4.19. The van der Waals surface area contributed by atoms with Crippen LogP contribution in [0, 0.1) is 6.79 Å². The minimum absolute atomic E-state index is 0.222. The van der Waals surface area contributed by atoms with Crippen molar-refractivity contribution in [3.63, 3.8) is 0 Å². The van der Waals surface area contributed by atoms with Gasteiger partial charge in [0.25, 0.3) is 0 Å². The van der Waals surface area contributed by atoms with Crippen LogP contribution in [0.4, 0.5) is 0 Å². The lowest BCUT2D eigenvalue weighted by atomic mass is 11.4. The molecule has 0 aromatic carbocycles. The summed E-state index contributed by atoms with van der Waals surface area (Å²) >= 11 is 0. The van der Waals surface area contributed by atoms with Crippen molar-refractivity contribution in [2.75, 3.05) is 6.79 Å². The topological polar surface area (TPSA) is 27.7 Å². The minimum Gasteiger partial charge on any atom is -0.316 e. The van der Waals surface area contributed by atoms with Gasteiger partial charge in [0.15, 0.2) is 6.79 Å². The Balaban J connectivity index is 2.08. The van der Waals surface area contributed by atoms with Gasteiger partial charge in [0.05, 0.1) is 0 Å². The van der Waals surface area contributed by atoms with Crippen LogP contribution in [0.3, 0.4) is 0 Å². The predicted octanol–water partition coefficient (Wildman–Crippen LogP) is 0.0416. The molecule has 0 atom stereocenters. The molecule has 0 aromatic rings. The van der Waals surface area contributed by atoms with E-state index in [1.54, 1.807) is 0 Å². The summed E-state index contributed by atoms with van der Waals surface area (Å²) in [5, 5.41) is 0. The highest BCUT2D eigenvalue weighted by Gasteiger charge is 1.96. The van der Waals surface area contributed by atoms with Crippen molar-refractivity contribution in [2.45, 2.75) is 0 Å². The summed E-state index contributed by atoms with van der Waals surface area (Å²) in [6.45, 7) is 1.36. The van der Waals surface area contributed by atoms with Crippen LogP contribution in [-0.4, -0.2) is 6.79 Å². The van der Waals surface area contributed by atoms with Gasteiger partial charge in [0.1, 0.15) is 0 Å². The highest BCUT2D eigenvalue weighted by atomic mass is 17.3. The summed E-state index contributed by atoms with van der Waals surface area (Å²) in [5.74, 6) is 0. The molecule has 5 heavy (non-hydrogen) atoms. The van der Waals surface area contributed by atoms with E-state index in [2.05, 4.69) is 14.5 Å². The van der Waals surface area contributed by atoms with Gasteiger partial charge in [-0.3, -0.25) is 0 Å². The van der Waals surface area contributed by atoms with E-state index in [1.807, 2.05) is 0 Å². The van der Waals surface area contributed by atoms with Crippen molar-refractivity contribution >= 4 is 0 Å². The lowest BCUT2D eigenvalue weighted by Crippen LogP contribution is -1.74. The molecule has 0 bridgehead atoms. The maximum absolute atomic E-state index is 4.38. The molecular formula is C2H3O3. The van der Waals surface area contributed by atoms with Crippen LogP contribution in [0.2, 0.25) is 0 Å². The van der Waals surface area contributed by atoms with Crippen molar-refractivity contribution in [3.05, 3.63) is 6.79 Å². The van der Waals surface area contributed by atoms with E-state index in [4.69, 9.17) is 0 Å². The van der Waals surface area contributed by atoms with Gasteiger partial charge in [-0.05, 0) is 0 Å². The van der Waals surface area contributed by atoms with Crippen molar-refractivity contribution in [1.82, 2.24) is 0 Å². The maximum atomic E-state index is 4.38. The Labute approximate surface area is 29.4 Å². The van der Waals surface area contributed by atoms with E-state index in [0.29, 0.717) is 0 Å². The van der Waals surface area contributed by atoms with Crippen LogP contribution in [-0.2, 0) is 14.5 Å². The summed E-state index contributed by atoms with van der Waals surface area (Å²) in [6, 6.07) is 0. The third kappa shape index (κ3) is 0.576. The molecule has 1 radical (unpaired) electrons.